The first kappa shape index (κ1) is 13.9. The molecular formula is C18H21F2N2+. The van der Waals surface area contributed by atoms with Gasteiger partial charge in [-0.1, -0.05) is 31.4 Å². The van der Waals surface area contributed by atoms with Gasteiger partial charge in [-0.15, -0.1) is 0 Å². The van der Waals surface area contributed by atoms with Crippen LogP contribution < -0.4 is 4.57 Å². The third-order valence-corrected chi connectivity index (χ3v) is 5.32. The van der Waals surface area contributed by atoms with Crippen LogP contribution in [0.5, 0.6) is 0 Å². The van der Waals surface area contributed by atoms with Gasteiger partial charge in [0.1, 0.15) is 23.7 Å². The quantitative estimate of drug-likeness (QED) is 0.808. The number of nitrogens with one attached hydrogen (secondary N) is 1. The van der Waals surface area contributed by atoms with Crippen molar-refractivity contribution >= 4 is 0 Å². The van der Waals surface area contributed by atoms with Gasteiger partial charge >= 0.3 is 0 Å². The van der Waals surface area contributed by atoms with Gasteiger partial charge in [-0.3, -0.25) is 0 Å². The molecular weight excluding hydrogens is 282 g/mol. The SMILES string of the molecule is Fc1cccc2c1-c1c[nH]c[n+]1C2CCC1(F)CCCCC1. The summed E-state index contributed by atoms with van der Waals surface area (Å²) in [6.45, 7) is 0. The van der Waals surface area contributed by atoms with Crippen LogP contribution in [0.1, 0.15) is 56.6 Å². The topological polar surface area (TPSA) is 19.7 Å². The number of hydrogen-bond donors (Lipinski definition) is 1. The number of hydrogen-bond acceptors (Lipinski definition) is 0. The lowest BCUT2D eigenvalue weighted by molar-refractivity contribution is -0.697. The van der Waals surface area contributed by atoms with E-state index in [1.807, 2.05) is 18.6 Å². The van der Waals surface area contributed by atoms with Crippen molar-refractivity contribution in [2.24, 2.45) is 0 Å². The Bertz CT molecular complexity index is 686. The van der Waals surface area contributed by atoms with Gasteiger partial charge in [0.15, 0.2) is 5.69 Å². The number of alkyl halides is 1. The highest BCUT2D eigenvalue weighted by Gasteiger charge is 2.39. The van der Waals surface area contributed by atoms with Crippen LogP contribution in [0.15, 0.2) is 30.7 Å². The molecule has 1 fully saturated rings. The number of benzene rings is 1. The highest BCUT2D eigenvalue weighted by molar-refractivity contribution is 5.64. The largest absolute Gasteiger partial charge is 0.250 e. The van der Waals surface area contributed by atoms with Crippen molar-refractivity contribution in [3.63, 3.8) is 0 Å². The molecule has 0 spiro atoms. The molecule has 0 bridgehead atoms. The fourth-order valence-corrected chi connectivity index (χ4v) is 4.16. The average Bonchev–Trinajstić information content (AvgIpc) is 3.07. The molecule has 2 nitrogen and oxygen atoms in total. The van der Waals surface area contributed by atoms with Gasteiger partial charge in [0.2, 0.25) is 6.33 Å². The molecule has 4 rings (SSSR count). The molecule has 1 aliphatic heterocycles. The Morgan fingerprint density at radius 1 is 1.23 bits per heavy atom. The third-order valence-electron chi connectivity index (χ3n) is 5.32. The van der Waals surface area contributed by atoms with Crippen LogP contribution in [0, 0.1) is 5.82 Å². The maximum atomic E-state index is 14.9. The molecule has 0 amide bonds. The molecule has 4 heteroatoms. The lowest BCUT2D eigenvalue weighted by atomic mass is 9.82. The Hall–Kier alpha value is -1.71. The third kappa shape index (κ3) is 2.16. The summed E-state index contributed by atoms with van der Waals surface area (Å²) in [5, 5.41) is 0. The van der Waals surface area contributed by atoms with E-state index in [-0.39, 0.29) is 11.9 Å². The Labute approximate surface area is 129 Å². The van der Waals surface area contributed by atoms with Crippen LogP contribution in [0.25, 0.3) is 11.3 Å². The van der Waals surface area contributed by atoms with E-state index in [2.05, 4.69) is 9.55 Å². The maximum absolute atomic E-state index is 14.9. The second-order valence-electron chi connectivity index (χ2n) is 6.70. The zero-order chi connectivity index (χ0) is 15.2. The Balaban J connectivity index is 1.62. The van der Waals surface area contributed by atoms with Crippen molar-refractivity contribution < 1.29 is 13.3 Å². The zero-order valence-electron chi connectivity index (χ0n) is 12.6. The molecule has 1 aromatic carbocycles. The highest BCUT2D eigenvalue weighted by atomic mass is 19.1. The molecule has 0 radical (unpaired) electrons. The van der Waals surface area contributed by atoms with Gasteiger partial charge in [0, 0.05) is 5.56 Å². The Morgan fingerprint density at radius 2 is 2.05 bits per heavy atom. The summed E-state index contributed by atoms with van der Waals surface area (Å²) in [5.41, 5.74) is 1.51. The van der Waals surface area contributed by atoms with E-state index in [0.717, 1.165) is 36.9 Å². The summed E-state index contributed by atoms with van der Waals surface area (Å²) < 4.78 is 31.1. The second-order valence-corrected chi connectivity index (χ2v) is 6.70. The second kappa shape index (κ2) is 5.18. The minimum atomic E-state index is -1.02. The summed E-state index contributed by atoms with van der Waals surface area (Å²) in [4.78, 5) is 3.05. The summed E-state index contributed by atoms with van der Waals surface area (Å²) in [6, 6.07) is 5.27. The molecule has 2 heterocycles. The summed E-state index contributed by atoms with van der Waals surface area (Å²) in [7, 11) is 0. The van der Waals surface area contributed by atoms with Crippen LogP contribution in [0.4, 0.5) is 8.78 Å². The average molecular weight is 303 g/mol. The van der Waals surface area contributed by atoms with Crippen molar-refractivity contribution in [3.8, 4) is 11.3 Å². The predicted octanol–water partition coefficient (Wildman–Crippen LogP) is 4.46. The molecule has 1 atom stereocenters. The lowest BCUT2D eigenvalue weighted by Gasteiger charge is -2.30. The number of aromatic nitrogens is 2. The van der Waals surface area contributed by atoms with Gasteiger partial charge in [-0.2, -0.15) is 0 Å². The van der Waals surface area contributed by atoms with E-state index in [0.29, 0.717) is 24.8 Å². The summed E-state index contributed by atoms with van der Waals surface area (Å²) in [5.74, 6) is -0.194. The fourth-order valence-electron chi connectivity index (χ4n) is 4.16. The number of rotatable bonds is 3. The van der Waals surface area contributed by atoms with Gasteiger partial charge < -0.3 is 0 Å². The molecule has 22 heavy (non-hydrogen) atoms. The van der Waals surface area contributed by atoms with Crippen LogP contribution >= 0.6 is 0 Å². The van der Waals surface area contributed by atoms with Crippen LogP contribution in [-0.4, -0.2) is 10.7 Å². The minimum absolute atomic E-state index is 0.0431. The van der Waals surface area contributed by atoms with E-state index in [1.54, 1.807) is 6.07 Å². The number of imidazole rings is 1. The van der Waals surface area contributed by atoms with Crippen molar-refractivity contribution in [3.05, 3.63) is 42.1 Å². The molecule has 1 saturated carbocycles. The van der Waals surface area contributed by atoms with Crippen LogP contribution in [-0.2, 0) is 0 Å². The monoisotopic (exact) mass is 303 g/mol. The van der Waals surface area contributed by atoms with Crippen molar-refractivity contribution in [2.75, 3.05) is 0 Å². The van der Waals surface area contributed by atoms with Crippen molar-refractivity contribution in [1.29, 1.82) is 0 Å². The van der Waals surface area contributed by atoms with Crippen molar-refractivity contribution in [1.82, 2.24) is 4.98 Å². The van der Waals surface area contributed by atoms with E-state index in [4.69, 9.17) is 0 Å². The van der Waals surface area contributed by atoms with Gasteiger partial charge in [0.25, 0.3) is 0 Å². The standard InChI is InChI=1S/C18H20F2N2/c19-14-6-4-5-13-15(22-12-21-11-16(22)17(13)14)7-10-18(20)8-2-1-3-9-18/h4-6,11-12,15H,1-3,7-10H2/p+1. The van der Waals surface area contributed by atoms with E-state index in [9.17, 15) is 8.78 Å². The smallest absolute Gasteiger partial charge is 0.242 e. The maximum Gasteiger partial charge on any atom is 0.242 e. The van der Waals surface area contributed by atoms with Crippen LogP contribution in [0.3, 0.4) is 0 Å². The van der Waals surface area contributed by atoms with Gasteiger partial charge in [-0.25, -0.2) is 18.3 Å². The predicted molar refractivity (Wildman–Crippen MR) is 80.7 cm³/mol. The molecule has 116 valence electrons. The molecule has 2 aliphatic rings. The molecule has 1 aromatic heterocycles. The first-order chi connectivity index (χ1) is 10.7. The Morgan fingerprint density at radius 3 is 2.86 bits per heavy atom. The molecule has 1 unspecified atom stereocenters. The summed E-state index contributed by atoms with van der Waals surface area (Å²) >= 11 is 0. The molecule has 2 aromatic rings. The molecule has 1 N–H and O–H groups in total. The number of aromatic amines is 1. The number of halogens is 2. The highest BCUT2D eigenvalue weighted by Crippen LogP contribution is 2.41. The van der Waals surface area contributed by atoms with Gasteiger partial charge in [-0.05, 0) is 31.7 Å². The lowest BCUT2D eigenvalue weighted by Crippen LogP contribution is -2.37. The van der Waals surface area contributed by atoms with E-state index < -0.39 is 5.67 Å². The number of H-pyrrole nitrogens is 1. The normalized spacial score (nSPS) is 22.4. The van der Waals surface area contributed by atoms with Crippen LogP contribution in [0.2, 0.25) is 0 Å². The first-order valence-corrected chi connectivity index (χ1v) is 8.24. The first-order valence-electron chi connectivity index (χ1n) is 8.24. The zero-order valence-corrected chi connectivity index (χ0v) is 12.6. The summed E-state index contributed by atoms with van der Waals surface area (Å²) in [6.07, 6.45) is 9.48. The minimum Gasteiger partial charge on any atom is -0.250 e. The number of fused-ring (bicyclic) bond motifs is 3. The number of nitrogens with zero attached hydrogens (tertiary/aromatic N) is 1. The van der Waals surface area contributed by atoms with Crippen molar-refractivity contribution in [2.45, 2.75) is 56.7 Å². The van der Waals surface area contributed by atoms with E-state index >= 15 is 0 Å². The molecule has 0 saturated heterocycles. The Kier molecular flexibility index (Phi) is 3.28. The molecule has 1 aliphatic carbocycles. The van der Waals surface area contributed by atoms with E-state index in [1.165, 1.54) is 6.07 Å². The fraction of sp³-hybridized carbons (Fsp3) is 0.500. The van der Waals surface area contributed by atoms with Gasteiger partial charge in [0.05, 0.1) is 5.56 Å².